The van der Waals surface area contributed by atoms with Gasteiger partial charge in [0.2, 0.25) is 0 Å². The molecule has 2 fully saturated rings. The Hall–Kier alpha value is -0.540. The molecule has 18 heavy (non-hydrogen) atoms. The summed E-state index contributed by atoms with van der Waals surface area (Å²) in [5.74, 6) is 0. The highest BCUT2D eigenvalue weighted by Gasteiger charge is 2.42. The van der Waals surface area contributed by atoms with E-state index in [0.29, 0.717) is 5.41 Å². The van der Waals surface area contributed by atoms with E-state index in [1.807, 2.05) is 0 Å². The molecule has 0 radical (unpaired) electrons. The number of halogens is 1. The second-order valence-electron chi connectivity index (χ2n) is 5.73. The zero-order valence-corrected chi connectivity index (χ0v) is 12.4. The van der Waals surface area contributed by atoms with Crippen molar-refractivity contribution in [3.63, 3.8) is 0 Å². The van der Waals surface area contributed by atoms with Crippen molar-refractivity contribution >= 4 is 21.6 Å². The molecule has 0 N–H and O–H groups in total. The first-order valence-electron chi connectivity index (χ1n) is 6.90. The minimum atomic E-state index is 0.620. The van der Waals surface area contributed by atoms with E-state index in [4.69, 9.17) is 0 Å². The van der Waals surface area contributed by atoms with Crippen LogP contribution in [0, 0.1) is 5.41 Å². The van der Waals surface area contributed by atoms with Gasteiger partial charge in [-0.3, -0.25) is 4.90 Å². The molecule has 0 bridgehead atoms. The van der Waals surface area contributed by atoms with E-state index in [0.717, 1.165) is 0 Å². The van der Waals surface area contributed by atoms with E-state index in [1.54, 1.807) is 0 Å². The predicted molar refractivity (Wildman–Crippen MR) is 80.6 cm³/mol. The monoisotopic (exact) mass is 308 g/mol. The smallest absolute Gasteiger partial charge is 0.0367 e. The van der Waals surface area contributed by atoms with Crippen LogP contribution in [0.2, 0.25) is 0 Å². The van der Waals surface area contributed by atoms with E-state index >= 15 is 0 Å². The molecule has 3 rings (SSSR count). The highest BCUT2D eigenvalue weighted by atomic mass is 79.9. The molecular weight excluding hydrogens is 288 g/mol. The number of anilines is 1. The van der Waals surface area contributed by atoms with Crippen molar-refractivity contribution in [1.29, 1.82) is 0 Å². The summed E-state index contributed by atoms with van der Waals surface area (Å²) in [6, 6.07) is 10.8. The summed E-state index contributed by atoms with van der Waals surface area (Å²) in [6.45, 7) is 6.05. The minimum absolute atomic E-state index is 0.620. The number of para-hydroxylation sites is 1. The maximum atomic E-state index is 3.67. The van der Waals surface area contributed by atoms with Crippen LogP contribution < -0.4 is 4.90 Å². The summed E-state index contributed by atoms with van der Waals surface area (Å²) in [7, 11) is 0. The van der Waals surface area contributed by atoms with E-state index in [-0.39, 0.29) is 0 Å². The second-order valence-corrected chi connectivity index (χ2v) is 6.29. The van der Waals surface area contributed by atoms with Crippen molar-refractivity contribution in [2.75, 3.05) is 43.0 Å². The Bertz CT molecular complexity index is 381. The Labute approximate surface area is 118 Å². The maximum Gasteiger partial charge on any atom is 0.0367 e. The molecule has 1 aromatic rings. The van der Waals surface area contributed by atoms with Gasteiger partial charge in [0.1, 0.15) is 0 Å². The van der Waals surface area contributed by atoms with Crippen molar-refractivity contribution in [3.05, 3.63) is 30.3 Å². The van der Waals surface area contributed by atoms with Gasteiger partial charge >= 0.3 is 0 Å². The Kier molecular flexibility index (Phi) is 3.62. The first-order valence-corrected chi connectivity index (χ1v) is 8.02. The van der Waals surface area contributed by atoms with Gasteiger partial charge < -0.3 is 4.90 Å². The van der Waals surface area contributed by atoms with Gasteiger partial charge in [-0.25, -0.2) is 0 Å². The lowest BCUT2D eigenvalue weighted by molar-refractivity contribution is 0.218. The first-order chi connectivity index (χ1) is 8.81. The minimum Gasteiger partial charge on any atom is -0.369 e. The van der Waals surface area contributed by atoms with E-state index in [9.17, 15) is 0 Å². The van der Waals surface area contributed by atoms with Crippen LogP contribution in [0.15, 0.2) is 30.3 Å². The van der Waals surface area contributed by atoms with Gasteiger partial charge in [-0.2, -0.15) is 0 Å². The number of alkyl halides is 1. The summed E-state index contributed by atoms with van der Waals surface area (Å²) >= 11 is 3.67. The fourth-order valence-electron chi connectivity index (χ4n) is 2.79. The van der Waals surface area contributed by atoms with Crippen LogP contribution in [0.1, 0.15) is 12.8 Å². The van der Waals surface area contributed by atoms with Crippen molar-refractivity contribution in [3.8, 4) is 0 Å². The molecule has 0 unspecified atom stereocenters. The van der Waals surface area contributed by atoms with Gasteiger partial charge in [-0.1, -0.05) is 34.1 Å². The maximum absolute atomic E-state index is 3.67. The molecule has 1 aliphatic carbocycles. The average molecular weight is 309 g/mol. The highest BCUT2D eigenvalue weighted by Crippen LogP contribution is 2.47. The molecule has 1 aliphatic heterocycles. The predicted octanol–water partition coefficient (Wildman–Crippen LogP) is 2.98. The molecule has 2 nitrogen and oxygen atoms in total. The number of piperazine rings is 1. The van der Waals surface area contributed by atoms with Crippen LogP contribution in [0.3, 0.4) is 0 Å². The van der Waals surface area contributed by atoms with Gasteiger partial charge in [0, 0.05) is 43.7 Å². The summed E-state index contributed by atoms with van der Waals surface area (Å²) < 4.78 is 0. The van der Waals surface area contributed by atoms with Gasteiger partial charge in [-0.15, -0.1) is 0 Å². The summed E-state index contributed by atoms with van der Waals surface area (Å²) in [5, 5.41) is 1.18. The van der Waals surface area contributed by atoms with Gasteiger partial charge in [-0.05, 0) is 30.4 Å². The van der Waals surface area contributed by atoms with Gasteiger partial charge in [0.25, 0.3) is 0 Å². The lowest BCUT2D eigenvalue weighted by atomic mass is 10.1. The van der Waals surface area contributed by atoms with Crippen LogP contribution in [0.4, 0.5) is 5.69 Å². The van der Waals surface area contributed by atoms with Crippen LogP contribution >= 0.6 is 15.9 Å². The molecule has 0 aromatic heterocycles. The van der Waals surface area contributed by atoms with E-state index < -0.39 is 0 Å². The third-order valence-corrected chi connectivity index (χ3v) is 5.48. The molecule has 0 amide bonds. The molecule has 98 valence electrons. The van der Waals surface area contributed by atoms with Crippen molar-refractivity contribution in [2.45, 2.75) is 12.8 Å². The van der Waals surface area contributed by atoms with Gasteiger partial charge in [0.05, 0.1) is 0 Å². The molecule has 0 atom stereocenters. The Balaban J connectivity index is 1.52. The Morgan fingerprint density at radius 3 is 2.22 bits per heavy atom. The Morgan fingerprint density at radius 1 is 1.00 bits per heavy atom. The van der Waals surface area contributed by atoms with Crippen LogP contribution in [0.25, 0.3) is 0 Å². The Morgan fingerprint density at radius 2 is 1.67 bits per heavy atom. The zero-order valence-electron chi connectivity index (χ0n) is 10.8. The van der Waals surface area contributed by atoms with Crippen LogP contribution in [0.5, 0.6) is 0 Å². The van der Waals surface area contributed by atoms with Crippen molar-refractivity contribution < 1.29 is 0 Å². The molecule has 1 saturated carbocycles. The standard InChI is InChI=1S/C15H21BrN2/c16-12-15(6-7-15)13-17-8-10-18(11-9-17)14-4-2-1-3-5-14/h1-5H,6-13H2. The second kappa shape index (κ2) is 5.22. The average Bonchev–Trinajstić information content (AvgIpc) is 3.21. The van der Waals surface area contributed by atoms with Gasteiger partial charge in [0.15, 0.2) is 0 Å². The fraction of sp³-hybridized carbons (Fsp3) is 0.600. The van der Waals surface area contributed by atoms with Crippen LogP contribution in [-0.2, 0) is 0 Å². The van der Waals surface area contributed by atoms with Crippen molar-refractivity contribution in [2.24, 2.45) is 5.41 Å². The summed E-state index contributed by atoms with van der Waals surface area (Å²) in [6.07, 6.45) is 2.83. The summed E-state index contributed by atoms with van der Waals surface area (Å²) in [5.41, 5.74) is 1.99. The van der Waals surface area contributed by atoms with E-state index in [2.05, 4.69) is 56.1 Å². The first kappa shape index (κ1) is 12.5. The number of hydrogen-bond donors (Lipinski definition) is 0. The van der Waals surface area contributed by atoms with Crippen LogP contribution in [-0.4, -0.2) is 43.0 Å². The molecule has 2 aliphatic rings. The number of benzene rings is 1. The number of nitrogens with zero attached hydrogens (tertiary/aromatic N) is 2. The quantitative estimate of drug-likeness (QED) is 0.789. The molecule has 1 saturated heterocycles. The molecule has 1 aromatic carbocycles. The third-order valence-electron chi connectivity index (χ3n) is 4.29. The third kappa shape index (κ3) is 2.72. The number of rotatable bonds is 4. The molecule has 0 spiro atoms. The number of hydrogen-bond acceptors (Lipinski definition) is 2. The lowest BCUT2D eigenvalue weighted by Gasteiger charge is -2.37. The molecule has 3 heteroatoms. The highest BCUT2D eigenvalue weighted by molar-refractivity contribution is 9.09. The topological polar surface area (TPSA) is 6.48 Å². The van der Waals surface area contributed by atoms with E-state index in [1.165, 1.54) is 56.6 Å². The summed E-state index contributed by atoms with van der Waals surface area (Å²) in [4.78, 5) is 5.15. The molecular formula is C15H21BrN2. The zero-order chi connectivity index (χ0) is 12.4. The SMILES string of the molecule is BrCC1(CN2CCN(c3ccccc3)CC2)CC1. The lowest BCUT2D eigenvalue weighted by Crippen LogP contribution is -2.48. The molecule has 1 heterocycles. The largest absolute Gasteiger partial charge is 0.369 e. The van der Waals surface area contributed by atoms with Crippen molar-refractivity contribution in [1.82, 2.24) is 4.90 Å². The fourth-order valence-corrected chi connectivity index (χ4v) is 3.53. The normalized spacial score (nSPS) is 23.1.